The Morgan fingerprint density at radius 3 is 2.50 bits per heavy atom. The summed E-state index contributed by atoms with van der Waals surface area (Å²) in [5.74, 6) is -3.39. The van der Waals surface area contributed by atoms with Gasteiger partial charge in [-0.3, -0.25) is 0 Å². The largest absolute Gasteiger partial charge is 0.381 e. The first-order valence-electron chi connectivity index (χ1n) is 6.53. The minimum Gasteiger partial charge on any atom is -0.381 e. The van der Waals surface area contributed by atoms with Crippen LogP contribution in [0.3, 0.4) is 0 Å². The second kappa shape index (κ2) is 6.05. The van der Waals surface area contributed by atoms with Crippen molar-refractivity contribution < 1.29 is 17.2 Å². The van der Waals surface area contributed by atoms with Gasteiger partial charge in [0.15, 0.2) is 0 Å². The summed E-state index contributed by atoms with van der Waals surface area (Å²) in [4.78, 5) is -0.354. The number of benzene rings is 1. The van der Waals surface area contributed by atoms with Gasteiger partial charge in [0, 0.05) is 17.8 Å². The lowest BCUT2D eigenvalue weighted by molar-refractivity contribution is 0.234. The average Bonchev–Trinajstić information content (AvgIpc) is 2.42. The molecule has 1 aromatic carbocycles. The summed E-state index contributed by atoms with van der Waals surface area (Å²) < 4.78 is 47.4. The number of rotatable bonds is 4. The number of anilines is 1. The van der Waals surface area contributed by atoms with E-state index >= 15 is 0 Å². The predicted molar refractivity (Wildman–Crippen MR) is 73.7 cm³/mol. The lowest BCUT2D eigenvalue weighted by Crippen LogP contribution is -2.46. The molecule has 1 fully saturated rings. The van der Waals surface area contributed by atoms with E-state index < -0.39 is 15.6 Å². The Kier molecular flexibility index (Phi) is 4.59. The Morgan fingerprint density at radius 1 is 1.30 bits per heavy atom. The van der Waals surface area contributed by atoms with Crippen molar-refractivity contribution in [3.05, 3.63) is 24.3 Å². The van der Waals surface area contributed by atoms with Gasteiger partial charge >= 0.3 is 5.76 Å². The highest BCUT2D eigenvalue weighted by Crippen LogP contribution is 2.22. The fraction of sp³-hybridized carbons (Fsp3) is 0.538. The number of piperidine rings is 1. The van der Waals surface area contributed by atoms with Crippen LogP contribution in [0.25, 0.3) is 0 Å². The van der Waals surface area contributed by atoms with E-state index in [2.05, 4.69) is 17.6 Å². The van der Waals surface area contributed by atoms with Gasteiger partial charge in [0.1, 0.15) is 0 Å². The standard InChI is InChI=1S/C13H18F2N2O2S/c1-9-12(3-2-8-16-9)17-10-4-6-11(7-5-10)20(18,19)13(14)15/h4-7,9,12-13,16-17H,2-3,8H2,1H3. The molecule has 1 heterocycles. The first-order valence-corrected chi connectivity index (χ1v) is 8.08. The quantitative estimate of drug-likeness (QED) is 0.895. The molecule has 2 rings (SSSR count). The van der Waals surface area contributed by atoms with Gasteiger partial charge in [0.2, 0.25) is 9.84 Å². The van der Waals surface area contributed by atoms with Gasteiger partial charge < -0.3 is 10.6 Å². The van der Waals surface area contributed by atoms with Crippen LogP contribution in [0.1, 0.15) is 19.8 Å². The Balaban J connectivity index is 2.09. The van der Waals surface area contributed by atoms with Crippen molar-refractivity contribution in [3.63, 3.8) is 0 Å². The Bertz CT molecular complexity index is 546. The van der Waals surface area contributed by atoms with Crippen LogP contribution < -0.4 is 10.6 Å². The molecule has 1 aliphatic rings. The van der Waals surface area contributed by atoms with Crippen LogP contribution in [0.5, 0.6) is 0 Å². The second-order valence-electron chi connectivity index (χ2n) is 4.97. The first kappa shape index (κ1) is 15.2. The smallest absolute Gasteiger partial charge is 0.341 e. The van der Waals surface area contributed by atoms with Crippen LogP contribution in [-0.2, 0) is 9.84 Å². The van der Waals surface area contributed by atoms with Gasteiger partial charge in [0.25, 0.3) is 0 Å². The van der Waals surface area contributed by atoms with Crippen molar-refractivity contribution in [1.29, 1.82) is 0 Å². The van der Waals surface area contributed by atoms with Crippen LogP contribution in [0.2, 0.25) is 0 Å². The van der Waals surface area contributed by atoms with Crippen molar-refractivity contribution in [3.8, 4) is 0 Å². The van der Waals surface area contributed by atoms with Crippen molar-refractivity contribution in [2.24, 2.45) is 0 Å². The highest BCUT2D eigenvalue weighted by atomic mass is 32.2. The summed E-state index contributed by atoms with van der Waals surface area (Å²) in [6.45, 7) is 3.07. The molecule has 2 unspecified atom stereocenters. The third kappa shape index (κ3) is 3.27. The number of halogens is 2. The van der Waals surface area contributed by atoms with Crippen molar-refractivity contribution >= 4 is 15.5 Å². The Labute approximate surface area is 117 Å². The van der Waals surface area contributed by atoms with Crippen LogP contribution in [0.4, 0.5) is 14.5 Å². The molecule has 0 spiro atoms. The molecule has 4 nitrogen and oxygen atoms in total. The maximum absolute atomic E-state index is 12.4. The molecule has 0 saturated carbocycles. The van der Waals surface area contributed by atoms with Gasteiger partial charge in [-0.2, -0.15) is 8.78 Å². The van der Waals surface area contributed by atoms with Gasteiger partial charge in [-0.15, -0.1) is 0 Å². The van der Waals surface area contributed by atoms with E-state index in [1.165, 1.54) is 24.3 Å². The molecule has 1 aromatic rings. The molecule has 0 aromatic heterocycles. The van der Waals surface area contributed by atoms with E-state index in [0.29, 0.717) is 6.04 Å². The molecule has 0 amide bonds. The molecule has 1 saturated heterocycles. The molecule has 1 aliphatic heterocycles. The lowest BCUT2D eigenvalue weighted by Gasteiger charge is -2.31. The van der Waals surface area contributed by atoms with E-state index in [0.717, 1.165) is 25.1 Å². The van der Waals surface area contributed by atoms with E-state index in [-0.39, 0.29) is 10.9 Å². The molecule has 20 heavy (non-hydrogen) atoms. The summed E-state index contributed by atoms with van der Waals surface area (Å²) in [6, 6.07) is 6.04. The predicted octanol–water partition coefficient (Wildman–Crippen LogP) is 2.24. The minimum absolute atomic E-state index is 0.251. The monoisotopic (exact) mass is 304 g/mol. The van der Waals surface area contributed by atoms with Crippen molar-refractivity contribution in [2.45, 2.75) is 42.5 Å². The number of alkyl halides is 2. The minimum atomic E-state index is -4.51. The Morgan fingerprint density at radius 2 is 1.95 bits per heavy atom. The number of hydrogen-bond acceptors (Lipinski definition) is 4. The summed E-state index contributed by atoms with van der Waals surface area (Å²) >= 11 is 0. The highest BCUT2D eigenvalue weighted by Gasteiger charge is 2.26. The molecule has 0 radical (unpaired) electrons. The van der Waals surface area contributed by atoms with Gasteiger partial charge in [-0.1, -0.05) is 0 Å². The van der Waals surface area contributed by atoms with E-state index in [9.17, 15) is 17.2 Å². The summed E-state index contributed by atoms with van der Waals surface area (Å²) in [7, 11) is -4.51. The topological polar surface area (TPSA) is 58.2 Å². The molecule has 2 N–H and O–H groups in total. The highest BCUT2D eigenvalue weighted by molar-refractivity contribution is 7.91. The molecular weight excluding hydrogens is 286 g/mol. The van der Waals surface area contributed by atoms with E-state index in [1.54, 1.807) is 0 Å². The number of hydrogen-bond donors (Lipinski definition) is 2. The molecule has 2 atom stereocenters. The van der Waals surface area contributed by atoms with Crippen molar-refractivity contribution in [1.82, 2.24) is 5.32 Å². The van der Waals surface area contributed by atoms with Crippen molar-refractivity contribution in [2.75, 3.05) is 11.9 Å². The Hall–Kier alpha value is -1.21. The number of sulfone groups is 1. The maximum atomic E-state index is 12.4. The molecule has 0 aliphatic carbocycles. The molecule has 7 heteroatoms. The van der Waals surface area contributed by atoms with Gasteiger partial charge in [0.05, 0.1) is 4.90 Å². The zero-order chi connectivity index (χ0) is 14.8. The van der Waals surface area contributed by atoms with Gasteiger partial charge in [-0.05, 0) is 50.6 Å². The van der Waals surface area contributed by atoms with Gasteiger partial charge in [-0.25, -0.2) is 8.42 Å². The maximum Gasteiger partial charge on any atom is 0.341 e. The van der Waals surface area contributed by atoms with Crippen LogP contribution in [-0.4, -0.2) is 32.8 Å². The lowest BCUT2D eigenvalue weighted by atomic mass is 9.99. The summed E-state index contributed by atoms with van der Waals surface area (Å²) in [6.07, 6.45) is 2.09. The molecule has 112 valence electrons. The average molecular weight is 304 g/mol. The summed E-state index contributed by atoms with van der Waals surface area (Å²) in [5, 5.41) is 6.64. The fourth-order valence-electron chi connectivity index (χ4n) is 2.30. The zero-order valence-electron chi connectivity index (χ0n) is 11.1. The third-order valence-electron chi connectivity index (χ3n) is 3.53. The van der Waals surface area contributed by atoms with Crippen LogP contribution in [0.15, 0.2) is 29.2 Å². The first-order chi connectivity index (χ1) is 9.41. The number of nitrogens with one attached hydrogen (secondary N) is 2. The van der Waals surface area contributed by atoms with Crippen LogP contribution >= 0.6 is 0 Å². The third-order valence-corrected chi connectivity index (χ3v) is 4.93. The SMILES string of the molecule is CC1NCCCC1Nc1ccc(S(=O)(=O)C(F)F)cc1. The van der Waals surface area contributed by atoms with Crippen LogP contribution in [0, 0.1) is 0 Å². The zero-order valence-corrected chi connectivity index (χ0v) is 12.0. The van der Waals surface area contributed by atoms with E-state index in [1.807, 2.05) is 0 Å². The summed E-state index contributed by atoms with van der Waals surface area (Å²) in [5.41, 5.74) is 0.735. The second-order valence-corrected chi connectivity index (χ2v) is 6.88. The molecule has 0 bridgehead atoms. The van der Waals surface area contributed by atoms with E-state index in [4.69, 9.17) is 0 Å². The molecular formula is C13H18F2N2O2S. The fourth-order valence-corrected chi connectivity index (χ4v) is 3.02. The normalized spacial score (nSPS) is 23.8.